The number of aromatic nitrogens is 3. The summed E-state index contributed by atoms with van der Waals surface area (Å²) in [4.78, 5) is 4.69. The molecule has 1 saturated heterocycles. The van der Waals surface area contributed by atoms with Crippen molar-refractivity contribution in [2.75, 3.05) is 11.5 Å². The van der Waals surface area contributed by atoms with Crippen molar-refractivity contribution in [1.82, 2.24) is 15.4 Å². The van der Waals surface area contributed by atoms with Crippen molar-refractivity contribution in [2.45, 2.75) is 12.3 Å². The minimum atomic E-state index is 0.408. The monoisotopic (exact) mass is 315 g/mol. The first-order valence-electron chi connectivity index (χ1n) is 6.84. The van der Waals surface area contributed by atoms with Crippen molar-refractivity contribution in [3.05, 3.63) is 42.1 Å². The maximum atomic E-state index is 5.41. The number of hydrogen-bond acceptors (Lipinski definition) is 6. The molecule has 4 rings (SSSR count). The molecule has 0 saturated carbocycles. The number of nitrogens with zero attached hydrogens (tertiary/aromatic N) is 3. The number of rotatable bonds is 2. The molecule has 4 nitrogen and oxygen atoms in total. The van der Waals surface area contributed by atoms with E-state index in [9.17, 15) is 0 Å². The Labute approximate surface area is 130 Å². The Bertz CT molecular complexity index is 768. The third-order valence-electron chi connectivity index (χ3n) is 3.63. The number of pyridine rings is 1. The van der Waals surface area contributed by atoms with Gasteiger partial charge >= 0.3 is 0 Å². The van der Waals surface area contributed by atoms with Crippen molar-refractivity contribution >= 4 is 32.5 Å². The molecule has 106 valence electrons. The molecule has 0 amide bonds. The zero-order chi connectivity index (χ0) is 14.1. The van der Waals surface area contributed by atoms with Crippen molar-refractivity contribution in [3.63, 3.8) is 0 Å². The lowest BCUT2D eigenvalue weighted by Gasteiger charge is -2.18. The van der Waals surface area contributed by atoms with Crippen LogP contribution in [0.3, 0.4) is 0 Å². The van der Waals surface area contributed by atoms with E-state index in [4.69, 9.17) is 4.52 Å². The Hall–Kier alpha value is -1.53. The summed E-state index contributed by atoms with van der Waals surface area (Å²) < 4.78 is 5.41. The standard InChI is InChI=1S/C15H13N3OS2/c1-2-4-12-10(3-1)5-6-13(16-12)15-14(17-18-19-15)11-7-8-20-21-9-11/h1-6,11H,7-9H2. The zero-order valence-corrected chi connectivity index (χ0v) is 12.9. The van der Waals surface area contributed by atoms with Gasteiger partial charge in [-0.3, -0.25) is 0 Å². The highest BCUT2D eigenvalue weighted by Gasteiger charge is 2.25. The Kier molecular flexibility index (Phi) is 3.57. The molecule has 1 aliphatic rings. The second kappa shape index (κ2) is 5.69. The second-order valence-corrected chi connectivity index (χ2v) is 7.60. The minimum absolute atomic E-state index is 0.408. The summed E-state index contributed by atoms with van der Waals surface area (Å²) in [5.74, 6) is 3.33. The van der Waals surface area contributed by atoms with Crippen LogP contribution in [0.5, 0.6) is 0 Å². The van der Waals surface area contributed by atoms with Crippen molar-refractivity contribution in [3.8, 4) is 11.5 Å². The van der Waals surface area contributed by atoms with Gasteiger partial charge in [0, 0.05) is 28.1 Å². The van der Waals surface area contributed by atoms with Crippen LogP contribution in [0.1, 0.15) is 18.0 Å². The van der Waals surface area contributed by atoms with Gasteiger partial charge in [-0.15, -0.1) is 5.10 Å². The highest BCUT2D eigenvalue weighted by molar-refractivity contribution is 8.76. The summed E-state index contributed by atoms with van der Waals surface area (Å²) in [6.07, 6.45) is 1.12. The van der Waals surface area contributed by atoms with Gasteiger partial charge in [-0.25, -0.2) is 4.98 Å². The van der Waals surface area contributed by atoms with E-state index in [1.165, 1.54) is 0 Å². The summed E-state index contributed by atoms with van der Waals surface area (Å²) >= 11 is 0. The lowest BCUT2D eigenvalue weighted by atomic mass is 10.0. The molecular formula is C15H13N3OS2. The molecule has 1 unspecified atom stereocenters. The van der Waals surface area contributed by atoms with Gasteiger partial charge < -0.3 is 4.52 Å². The van der Waals surface area contributed by atoms with Gasteiger partial charge in [0.1, 0.15) is 11.4 Å². The van der Waals surface area contributed by atoms with Crippen LogP contribution in [-0.4, -0.2) is 26.9 Å². The third kappa shape index (κ3) is 2.53. The summed E-state index contributed by atoms with van der Waals surface area (Å²) in [6, 6.07) is 12.1. The van der Waals surface area contributed by atoms with E-state index in [-0.39, 0.29) is 0 Å². The molecule has 1 aliphatic heterocycles. The molecule has 0 N–H and O–H groups in total. The average Bonchev–Trinajstić information content (AvgIpc) is 3.05. The molecule has 2 aromatic heterocycles. The number of para-hydroxylation sites is 1. The fourth-order valence-corrected chi connectivity index (χ4v) is 5.02. The van der Waals surface area contributed by atoms with Crippen LogP contribution in [0.2, 0.25) is 0 Å². The fraction of sp³-hybridized carbons (Fsp3) is 0.267. The van der Waals surface area contributed by atoms with Crippen LogP contribution < -0.4 is 0 Å². The fourth-order valence-electron chi connectivity index (χ4n) is 2.51. The van der Waals surface area contributed by atoms with Crippen LogP contribution in [0.4, 0.5) is 0 Å². The maximum absolute atomic E-state index is 5.41. The summed E-state index contributed by atoms with van der Waals surface area (Å²) in [5, 5.41) is 9.11. The third-order valence-corrected chi connectivity index (χ3v) is 6.15. The zero-order valence-electron chi connectivity index (χ0n) is 11.2. The quantitative estimate of drug-likeness (QED) is 0.662. The molecule has 3 aromatic rings. The van der Waals surface area contributed by atoms with Gasteiger partial charge in [-0.05, 0) is 18.6 Å². The maximum Gasteiger partial charge on any atom is 0.209 e. The molecule has 0 bridgehead atoms. The van der Waals surface area contributed by atoms with E-state index in [1.54, 1.807) is 0 Å². The normalized spacial score (nSPS) is 19.0. The molecule has 1 aromatic carbocycles. The van der Waals surface area contributed by atoms with Crippen LogP contribution in [0.25, 0.3) is 22.4 Å². The number of benzene rings is 1. The predicted molar refractivity (Wildman–Crippen MR) is 87.3 cm³/mol. The topological polar surface area (TPSA) is 51.8 Å². The Balaban J connectivity index is 1.76. The van der Waals surface area contributed by atoms with E-state index in [2.05, 4.69) is 27.5 Å². The van der Waals surface area contributed by atoms with Crippen LogP contribution >= 0.6 is 21.6 Å². The average molecular weight is 315 g/mol. The smallest absolute Gasteiger partial charge is 0.209 e. The molecular weight excluding hydrogens is 302 g/mol. The molecule has 3 heterocycles. The van der Waals surface area contributed by atoms with Crippen LogP contribution in [0.15, 0.2) is 40.9 Å². The van der Waals surface area contributed by atoms with Gasteiger partial charge in [0.15, 0.2) is 0 Å². The Morgan fingerprint density at radius 1 is 1.10 bits per heavy atom. The van der Waals surface area contributed by atoms with E-state index < -0.39 is 0 Å². The molecule has 0 radical (unpaired) electrons. The molecule has 1 atom stereocenters. The highest BCUT2D eigenvalue weighted by Crippen LogP contribution is 2.40. The molecule has 6 heteroatoms. The van der Waals surface area contributed by atoms with Gasteiger partial charge in [0.2, 0.25) is 5.76 Å². The SMILES string of the molecule is c1ccc2nc(-c3onnc3C3CCSSC3)ccc2c1. The van der Waals surface area contributed by atoms with Gasteiger partial charge in [-0.1, -0.05) is 45.9 Å². The van der Waals surface area contributed by atoms with Gasteiger partial charge in [-0.2, -0.15) is 0 Å². The van der Waals surface area contributed by atoms with Crippen molar-refractivity contribution in [1.29, 1.82) is 0 Å². The van der Waals surface area contributed by atoms with Gasteiger partial charge in [0.25, 0.3) is 0 Å². The molecule has 21 heavy (non-hydrogen) atoms. The van der Waals surface area contributed by atoms with E-state index in [0.29, 0.717) is 5.92 Å². The second-order valence-electron chi connectivity index (χ2n) is 4.97. The number of fused-ring (bicyclic) bond motifs is 1. The van der Waals surface area contributed by atoms with Crippen LogP contribution in [0, 0.1) is 0 Å². The van der Waals surface area contributed by atoms with E-state index in [0.717, 1.165) is 46.0 Å². The van der Waals surface area contributed by atoms with Crippen molar-refractivity contribution < 1.29 is 4.52 Å². The molecule has 1 fully saturated rings. The lowest BCUT2D eigenvalue weighted by Crippen LogP contribution is -2.08. The Morgan fingerprint density at radius 3 is 2.95 bits per heavy atom. The predicted octanol–water partition coefficient (Wildman–Crippen LogP) is 4.15. The summed E-state index contributed by atoms with van der Waals surface area (Å²) in [6.45, 7) is 0. The lowest BCUT2D eigenvalue weighted by molar-refractivity contribution is 0.403. The molecule has 0 spiro atoms. The first-order chi connectivity index (χ1) is 10.4. The largest absolute Gasteiger partial charge is 0.335 e. The molecule has 0 aliphatic carbocycles. The summed E-state index contributed by atoms with van der Waals surface area (Å²) in [5.41, 5.74) is 2.73. The first kappa shape index (κ1) is 13.2. The first-order valence-corrected chi connectivity index (χ1v) is 9.33. The minimum Gasteiger partial charge on any atom is -0.335 e. The van der Waals surface area contributed by atoms with E-state index >= 15 is 0 Å². The van der Waals surface area contributed by atoms with Gasteiger partial charge in [0.05, 0.1) is 5.52 Å². The number of hydrogen-bond donors (Lipinski definition) is 0. The van der Waals surface area contributed by atoms with Crippen molar-refractivity contribution in [2.24, 2.45) is 0 Å². The van der Waals surface area contributed by atoms with E-state index in [1.807, 2.05) is 45.9 Å². The summed E-state index contributed by atoms with van der Waals surface area (Å²) in [7, 11) is 3.82. The van der Waals surface area contributed by atoms with Crippen LogP contribution in [-0.2, 0) is 0 Å². The Morgan fingerprint density at radius 2 is 2.05 bits per heavy atom. The highest BCUT2D eigenvalue weighted by atomic mass is 33.1.